The molecule has 0 saturated heterocycles. The fourth-order valence-corrected chi connectivity index (χ4v) is 1.87. The number of halogens is 6. The van der Waals surface area contributed by atoms with E-state index in [1.54, 1.807) is 6.07 Å². The molecule has 0 N–H and O–H groups in total. The minimum atomic E-state index is -5.02. The molecule has 0 amide bonds. The van der Waals surface area contributed by atoms with E-state index in [1.807, 2.05) is 0 Å². The van der Waals surface area contributed by atoms with Crippen molar-refractivity contribution in [3.05, 3.63) is 22.9 Å². The average molecular weight is 345 g/mol. The van der Waals surface area contributed by atoms with Crippen LogP contribution in [0.1, 0.15) is 23.2 Å². The Morgan fingerprint density at radius 2 is 2.05 bits per heavy atom. The third-order valence-corrected chi connectivity index (χ3v) is 2.66. The molecule has 0 aliphatic rings. The highest BCUT2D eigenvalue weighted by atomic mass is 79.9. The average Bonchev–Trinajstić information content (AvgIpc) is 2.28. The molecule has 0 atom stereocenters. The van der Waals surface area contributed by atoms with Crippen LogP contribution in [-0.4, -0.2) is 11.3 Å². The molecule has 3 nitrogen and oxygen atoms in total. The first-order chi connectivity index (χ1) is 8.78. The van der Waals surface area contributed by atoms with Gasteiger partial charge in [0.1, 0.15) is 5.69 Å². The molecule has 1 heterocycles. The fraction of sp³-hybridized carbons (Fsp3) is 0.400. The van der Waals surface area contributed by atoms with Crippen molar-refractivity contribution in [3.8, 4) is 11.9 Å². The molecule has 0 aliphatic heterocycles. The van der Waals surface area contributed by atoms with E-state index in [4.69, 9.17) is 5.26 Å². The summed E-state index contributed by atoms with van der Waals surface area (Å²) in [4.78, 5) is 3.12. The van der Waals surface area contributed by atoms with Gasteiger partial charge in [-0.05, 0) is 11.1 Å². The summed E-state index contributed by atoms with van der Waals surface area (Å²) in [7, 11) is 0. The Morgan fingerprint density at radius 3 is 2.47 bits per heavy atom. The van der Waals surface area contributed by atoms with Crippen molar-refractivity contribution in [1.29, 1.82) is 5.26 Å². The Hall–Kier alpha value is -1.43. The maximum atomic E-state index is 12.8. The zero-order valence-corrected chi connectivity index (χ0v) is 10.7. The lowest BCUT2D eigenvalue weighted by Gasteiger charge is -2.14. The van der Waals surface area contributed by atoms with E-state index in [0.29, 0.717) is 0 Å². The Labute approximate surface area is 113 Å². The molecule has 1 aromatic rings. The molecule has 1 rings (SSSR count). The van der Waals surface area contributed by atoms with Gasteiger partial charge < -0.3 is 4.74 Å². The molecule has 0 bridgehead atoms. The summed E-state index contributed by atoms with van der Waals surface area (Å²) in [5.74, 6) is -0.973. The Balaban J connectivity index is 3.32. The van der Waals surface area contributed by atoms with Gasteiger partial charge in [0.25, 0.3) is 6.43 Å². The van der Waals surface area contributed by atoms with Gasteiger partial charge in [0.2, 0.25) is 5.88 Å². The highest BCUT2D eigenvalue weighted by Crippen LogP contribution is 2.31. The van der Waals surface area contributed by atoms with Crippen LogP contribution in [0, 0.1) is 11.3 Å². The van der Waals surface area contributed by atoms with Gasteiger partial charge in [0.15, 0.2) is 0 Å². The lowest BCUT2D eigenvalue weighted by Crippen LogP contribution is -2.19. The van der Waals surface area contributed by atoms with Crippen LogP contribution in [0.25, 0.3) is 0 Å². The molecule has 9 heteroatoms. The van der Waals surface area contributed by atoms with Crippen molar-refractivity contribution in [2.24, 2.45) is 0 Å². The maximum absolute atomic E-state index is 12.8. The highest BCUT2D eigenvalue weighted by Gasteiger charge is 2.33. The predicted molar refractivity (Wildman–Crippen MR) is 57.8 cm³/mol. The smallest absolute Gasteiger partial charge is 0.388 e. The molecule has 19 heavy (non-hydrogen) atoms. The largest absolute Gasteiger partial charge is 0.574 e. The lowest BCUT2D eigenvalue weighted by atomic mass is 10.0. The monoisotopic (exact) mass is 344 g/mol. The van der Waals surface area contributed by atoms with E-state index in [2.05, 4.69) is 25.7 Å². The van der Waals surface area contributed by atoms with E-state index in [0.717, 1.165) is 6.07 Å². The summed E-state index contributed by atoms with van der Waals surface area (Å²) in [5.41, 5.74) is -0.868. The predicted octanol–water partition coefficient (Wildman–Crippen LogP) is 3.88. The Kier molecular flexibility index (Phi) is 5.05. The first-order valence-electron chi connectivity index (χ1n) is 4.78. The SMILES string of the molecule is N#CCc1c(CBr)cc(OC(F)(F)F)nc1C(F)F. The molecule has 0 fully saturated rings. The Morgan fingerprint density at radius 1 is 1.42 bits per heavy atom. The van der Waals surface area contributed by atoms with Gasteiger partial charge >= 0.3 is 6.36 Å². The van der Waals surface area contributed by atoms with Crippen LogP contribution >= 0.6 is 15.9 Å². The van der Waals surface area contributed by atoms with Crippen molar-refractivity contribution in [1.82, 2.24) is 4.98 Å². The zero-order valence-electron chi connectivity index (χ0n) is 9.14. The minimum Gasteiger partial charge on any atom is -0.388 e. The van der Waals surface area contributed by atoms with Crippen molar-refractivity contribution in [2.45, 2.75) is 24.5 Å². The van der Waals surface area contributed by atoms with Gasteiger partial charge in [-0.1, -0.05) is 15.9 Å². The second kappa shape index (κ2) is 6.14. The topological polar surface area (TPSA) is 45.9 Å². The standard InChI is InChI=1S/C10H6BrF5N2O/c11-4-5-3-7(19-10(14,15)16)18-8(9(12)13)6(5)1-2-17/h3,9H,1,4H2. The number of ether oxygens (including phenoxy) is 1. The summed E-state index contributed by atoms with van der Waals surface area (Å²) >= 11 is 2.96. The van der Waals surface area contributed by atoms with Crippen LogP contribution in [0.3, 0.4) is 0 Å². The molecule has 0 radical (unpaired) electrons. The number of rotatable bonds is 4. The molecule has 0 aromatic carbocycles. The quantitative estimate of drug-likeness (QED) is 0.615. The second-order valence-corrected chi connectivity index (χ2v) is 3.86. The van der Waals surface area contributed by atoms with Crippen LogP contribution in [0.5, 0.6) is 5.88 Å². The third-order valence-electron chi connectivity index (χ3n) is 2.05. The molecule has 0 spiro atoms. The summed E-state index contributed by atoms with van der Waals surface area (Å²) in [6, 6.07) is 2.54. The fourth-order valence-electron chi connectivity index (χ4n) is 1.37. The van der Waals surface area contributed by atoms with Crippen molar-refractivity contribution >= 4 is 15.9 Å². The van der Waals surface area contributed by atoms with E-state index in [1.165, 1.54) is 0 Å². The normalized spacial score (nSPS) is 11.5. The van der Waals surface area contributed by atoms with Gasteiger partial charge in [-0.15, -0.1) is 13.2 Å². The molecule has 1 aromatic heterocycles. The van der Waals surface area contributed by atoms with Gasteiger partial charge in [0.05, 0.1) is 12.5 Å². The maximum Gasteiger partial charge on any atom is 0.574 e. The van der Waals surface area contributed by atoms with Crippen LogP contribution in [0.15, 0.2) is 6.07 Å². The molecular weight excluding hydrogens is 339 g/mol. The van der Waals surface area contributed by atoms with E-state index < -0.39 is 24.4 Å². The number of alkyl halides is 6. The molecule has 0 unspecified atom stereocenters. The summed E-state index contributed by atoms with van der Waals surface area (Å²) in [5, 5.41) is 8.55. The van der Waals surface area contributed by atoms with E-state index in [-0.39, 0.29) is 22.9 Å². The number of hydrogen-bond donors (Lipinski definition) is 0. The van der Waals surface area contributed by atoms with Gasteiger partial charge in [-0.25, -0.2) is 13.8 Å². The van der Waals surface area contributed by atoms with Crippen LogP contribution in [-0.2, 0) is 11.8 Å². The summed E-state index contributed by atoms with van der Waals surface area (Å²) in [6.45, 7) is 0. The van der Waals surface area contributed by atoms with Crippen LogP contribution in [0.2, 0.25) is 0 Å². The van der Waals surface area contributed by atoms with Gasteiger partial charge in [-0.3, -0.25) is 0 Å². The number of nitrogens with zero attached hydrogens (tertiary/aromatic N) is 2. The number of pyridine rings is 1. The highest BCUT2D eigenvalue weighted by molar-refractivity contribution is 9.08. The number of hydrogen-bond acceptors (Lipinski definition) is 3. The van der Waals surface area contributed by atoms with Crippen molar-refractivity contribution in [2.75, 3.05) is 0 Å². The lowest BCUT2D eigenvalue weighted by molar-refractivity contribution is -0.276. The van der Waals surface area contributed by atoms with Crippen molar-refractivity contribution < 1.29 is 26.7 Å². The van der Waals surface area contributed by atoms with Gasteiger partial charge in [-0.2, -0.15) is 5.26 Å². The third kappa shape index (κ3) is 4.31. The summed E-state index contributed by atoms with van der Waals surface area (Å²) in [6.07, 6.45) is -8.50. The van der Waals surface area contributed by atoms with Crippen LogP contribution in [0.4, 0.5) is 22.0 Å². The molecule has 104 valence electrons. The number of aromatic nitrogens is 1. The summed E-state index contributed by atoms with van der Waals surface area (Å²) < 4.78 is 65.2. The molecule has 0 saturated carbocycles. The van der Waals surface area contributed by atoms with E-state index >= 15 is 0 Å². The van der Waals surface area contributed by atoms with Gasteiger partial charge in [0, 0.05) is 11.4 Å². The zero-order chi connectivity index (χ0) is 14.6. The minimum absolute atomic E-state index is 0.000467. The van der Waals surface area contributed by atoms with E-state index in [9.17, 15) is 22.0 Å². The molecular formula is C10H6BrF5N2O. The van der Waals surface area contributed by atoms with Crippen LogP contribution < -0.4 is 4.74 Å². The first kappa shape index (κ1) is 15.6. The number of nitriles is 1. The molecule has 0 aliphatic carbocycles. The first-order valence-corrected chi connectivity index (χ1v) is 5.90. The second-order valence-electron chi connectivity index (χ2n) is 3.30. The van der Waals surface area contributed by atoms with Crippen molar-refractivity contribution in [3.63, 3.8) is 0 Å². The Bertz CT molecular complexity index is 498.